The lowest BCUT2D eigenvalue weighted by molar-refractivity contribution is -0.274. The Morgan fingerprint density at radius 1 is 1.00 bits per heavy atom. The van der Waals surface area contributed by atoms with E-state index < -0.39 is 23.8 Å². The molecule has 1 N–H and O–H groups in total. The highest BCUT2D eigenvalue weighted by Gasteiger charge is 2.31. The molecule has 0 aliphatic heterocycles. The molecule has 1 heterocycles. The van der Waals surface area contributed by atoms with Crippen LogP contribution in [0.3, 0.4) is 0 Å². The monoisotopic (exact) mass is 377 g/mol. The largest absolute Gasteiger partial charge is 0.573 e. The Hall–Kier alpha value is -3.49. The molecule has 0 aliphatic carbocycles. The molecular formula is C18H11F4N3O2. The SMILES string of the molecule is O=C(Nc1ccc(OC(F)(F)F)cc1)c1cccc(-c2cncnc2)c1F. The number of ether oxygens (including phenoxy) is 1. The quantitative estimate of drug-likeness (QED) is 0.683. The summed E-state index contributed by atoms with van der Waals surface area (Å²) in [6, 6.07) is 8.78. The van der Waals surface area contributed by atoms with Crippen LogP contribution in [-0.2, 0) is 0 Å². The van der Waals surface area contributed by atoms with Crippen LogP contribution in [0.4, 0.5) is 23.2 Å². The summed E-state index contributed by atoms with van der Waals surface area (Å²) in [5.74, 6) is -1.95. The molecule has 2 aromatic carbocycles. The number of nitrogens with one attached hydrogen (secondary N) is 1. The summed E-state index contributed by atoms with van der Waals surface area (Å²) in [5, 5.41) is 2.42. The van der Waals surface area contributed by atoms with Crippen molar-refractivity contribution in [2.24, 2.45) is 0 Å². The number of anilines is 1. The highest BCUT2D eigenvalue weighted by Crippen LogP contribution is 2.26. The number of hydrogen-bond donors (Lipinski definition) is 1. The molecule has 0 saturated carbocycles. The molecule has 0 spiro atoms. The fourth-order valence-corrected chi connectivity index (χ4v) is 2.31. The van der Waals surface area contributed by atoms with Gasteiger partial charge in [0, 0.05) is 29.2 Å². The number of hydrogen-bond acceptors (Lipinski definition) is 4. The zero-order valence-electron chi connectivity index (χ0n) is 13.5. The molecule has 0 unspecified atom stereocenters. The molecule has 0 atom stereocenters. The molecule has 0 saturated heterocycles. The molecule has 9 heteroatoms. The third-order valence-corrected chi connectivity index (χ3v) is 3.46. The number of rotatable bonds is 4. The second kappa shape index (κ2) is 7.40. The Labute approximate surface area is 150 Å². The van der Waals surface area contributed by atoms with E-state index in [1.54, 1.807) is 0 Å². The predicted octanol–water partition coefficient (Wildman–Crippen LogP) is 4.43. The van der Waals surface area contributed by atoms with E-state index in [2.05, 4.69) is 20.0 Å². The minimum absolute atomic E-state index is 0.150. The van der Waals surface area contributed by atoms with E-state index >= 15 is 0 Å². The summed E-state index contributed by atoms with van der Waals surface area (Å²) in [7, 11) is 0. The van der Waals surface area contributed by atoms with Crippen LogP contribution < -0.4 is 10.1 Å². The van der Waals surface area contributed by atoms with Gasteiger partial charge in [0.1, 0.15) is 17.9 Å². The number of halogens is 4. The maximum atomic E-state index is 14.7. The Balaban J connectivity index is 1.79. The van der Waals surface area contributed by atoms with Gasteiger partial charge in [-0.3, -0.25) is 4.79 Å². The van der Waals surface area contributed by atoms with Crippen LogP contribution in [0.5, 0.6) is 5.75 Å². The molecule has 27 heavy (non-hydrogen) atoms. The van der Waals surface area contributed by atoms with Crippen molar-refractivity contribution in [3.63, 3.8) is 0 Å². The number of alkyl halides is 3. The standard InChI is InChI=1S/C18H11F4N3O2/c19-16-14(11-8-23-10-24-9-11)2-1-3-15(16)17(26)25-12-4-6-13(7-5-12)27-18(20,21)22/h1-10H,(H,25,26). The van der Waals surface area contributed by atoms with Crippen molar-refractivity contribution >= 4 is 11.6 Å². The summed E-state index contributed by atoms with van der Waals surface area (Å²) in [4.78, 5) is 20.0. The number of nitrogens with zero attached hydrogens (tertiary/aromatic N) is 2. The number of aromatic nitrogens is 2. The fourth-order valence-electron chi connectivity index (χ4n) is 2.31. The molecule has 3 rings (SSSR count). The van der Waals surface area contributed by atoms with Gasteiger partial charge in [0.2, 0.25) is 0 Å². The Bertz CT molecular complexity index is 945. The zero-order chi connectivity index (χ0) is 19.4. The van der Waals surface area contributed by atoms with Crippen LogP contribution in [0, 0.1) is 5.82 Å². The highest BCUT2D eigenvalue weighted by atomic mass is 19.4. The summed E-state index contributed by atoms with van der Waals surface area (Å²) in [6.07, 6.45) is -0.696. The molecule has 3 aromatic rings. The molecule has 5 nitrogen and oxygen atoms in total. The first-order valence-electron chi connectivity index (χ1n) is 7.54. The lowest BCUT2D eigenvalue weighted by Gasteiger charge is -2.11. The second-order valence-electron chi connectivity index (χ2n) is 5.32. The van der Waals surface area contributed by atoms with Gasteiger partial charge in [-0.15, -0.1) is 13.2 Å². The highest BCUT2D eigenvalue weighted by molar-refractivity contribution is 6.05. The van der Waals surface area contributed by atoms with Crippen molar-refractivity contribution in [3.05, 3.63) is 72.6 Å². The van der Waals surface area contributed by atoms with Crippen LogP contribution in [-0.4, -0.2) is 22.2 Å². The molecule has 0 fully saturated rings. The molecule has 1 amide bonds. The van der Waals surface area contributed by atoms with Gasteiger partial charge in [0.05, 0.1) is 5.56 Å². The molecule has 0 aliphatic rings. The van der Waals surface area contributed by atoms with Gasteiger partial charge in [-0.05, 0) is 30.3 Å². The minimum atomic E-state index is -4.81. The number of carbonyl (C=O) groups excluding carboxylic acids is 1. The summed E-state index contributed by atoms with van der Waals surface area (Å²) >= 11 is 0. The minimum Gasteiger partial charge on any atom is -0.406 e. The van der Waals surface area contributed by atoms with Crippen molar-refractivity contribution in [1.29, 1.82) is 0 Å². The Morgan fingerprint density at radius 3 is 2.30 bits per heavy atom. The van der Waals surface area contributed by atoms with E-state index in [0.29, 0.717) is 5.56 Å². The van der Waals surface area contributed by atoms with Gasteiger partial charge in [-0.2, -0.15) is 0 Å². The number of carbonyl (C=O) groups is 1. The van der Waals surface area contributed by atoms with Gasteiger partial charge in [-0.1, -0.05) is 12.1 Å². The first kappa shape index (κ1) is 18.3. The summed E-state index contributed by atoms with van der Waals surface area (Å²) in [5.41, 5.74) is 0.504. The second-order valence-corrected chi connectivity index (χ2v) is 5.32. The van der Waals surface area contributed by atoms with E-state index in [9.17, 15) is 22.4 Å². The van der Waals surface area contributed by atoms with Crippen LogP contribution in [0.1, 0.15) is 10.4 Å². The molecule has 0 bridgehead atoms. The molecule has 1 aromatic heterocycles. The predicted molar refractivity (Wildman–Crippen MR) is 88.5 cm³/mol. The van der Waals surface area contributed by atoms with Crippen LogP contribution in [0.15, 0.2) is 61.2 Å². The summed E-state index contributed by atoms with van der Waals surface area (Å²) < 4.78 is 54.9. The van der Waals surface area contributed by atoms with Gasteiger partial charge in [-0.25, -0.2) is 14.4 Å². The lowest BCUT2D eigenvalue weighted by Crippen LogP contribution is -2.17. The van der Waals surface area contributed by atoms with Crippen molar-refractivity contribution in [1.82, 2.24) is 9.97 Å². The van der Waals surface area contributed by atoms with Crippen LogP contribution in [0.25, 0.3) is 11.1 Å². The van der Waals surface area contributed by atoms with Crippen LogP contribution >= 0.6 is 0 Å². The average molecular weight is 377 g/mol. The van der Waals surface area contributed by atoms with Gasteiger partial charge in [0.15, 0.2) is 0 Å². The van der Waals surface area contributed by atoms with E-state index in [0.717, 1.165) is 12.1 Å². The van der Waals surface area contributed by atoms with Crippen molar-refractivity contribution in [2.75, 3.05) is 5.32 Å². The first-order valence-corrected chi connectivity index (χ1v) is 7.54. The number of amides is 1. The van der Waals surface area contributed by atoms with E-state index in [-0.39, 0.29) is 16.8 Å². The lowest BCUT2D eigenvalue weighted by atomic mass is 10.0. The summed E-state index contributed by atoms with van der Waals surface area (Å²) in [6.45, 7) is 0. The molecule has 138 valence electrons. The third-order valence-electron chi connectivity index (χ3n) is 3.46. The maximum Gasteiger partial charge on any atom is 0.573 e. The van der Waals surface area contributed by atoms with E-state index in [1.807, 2.05) is 0 Å². The van der Waals surface area contributed by atoms with Gasteiger partial charge in [0.25, 0.3) is 5.91 Å². The van der Waals surface area contributed by atoms with Crippen LogP contribution in [0.2, 0.25) is 0 Å². The average Bonchev–Trinajstić information content (AvgIpc) is 2.63. The molecular weight excluding hydrogens is 366 g/mol. The van der Waals surface area contributed by atoms with Gasteiger partial charge >= 0.3 is 6.36 Å². The molecule has 0 radical (unpaired) electrons. The normalized spacial score (nSPS) is 11.1. The van der Waals surface area contributed by atoms with E-state index in [4.69, 9.17) is 0 Å². The Kier molecular flexibility index (Phi) is 5.02. The van der Waals surface area contributed by atoms with Crippen molar-refractivity contribution in [2.45, 2.75) is 6.36 Å². The third kappa shape index (κ3) is 4.57. The maximum absolute atomic E-state index is 14.7. The van der Waals surface area contributed by atoms with Gasteiger partial charge < -0.3 is 10.1 Å². The van der Waals surface area contributed by atoms with Crippen molar-refractivity contribution in [3.8, 4) is 16.9 Å². The first-order chi connectivity index (χ1) is 12.8. The topological polar surface area (TPSA) is 64.1 Å². The Morgan fingerprint density at radius 2 is 1.67 bits per heavy atom. The fraction of sp³-hybridized carbons (Fsp3) is 0.0556. The van der Waals surface area contributed by atoms with E-state index in [1.165, 1.54) is 49.1 Å². The zero-order valence-corrected chi connectivity index (χ0v) is 13.5. The number of benzene rings is 2. The van der Waals surface area contributed by atoms with Crippen molar-refractivity contribution < 1.29 is 27.1 Å². The smallest absolute Gasteiger partial charge is 0.406 e.